The monoisotopic (exact) mass is 273 g/mol. The van der Waals surface area contributed by atoms with E-state index in [4.69, 9.17) is 0 Å². The molecule has 0 fully saturated rings. The SMILES string of the molecule is CC(Nc1c([N+](=O)[O-])ccc(F)c1F)C(=O)N(C)C. The maximum absolute atomic E-state index is 13.6. The van der Waals surface area contributed by atoms with E-state index in [1.807, 2.05) is 0 Å². The molecule has 8 heteroatoms. The van der Waals surface area contributed by atoms with Crippen LogP contribution in [0.1, 0.15) is 6.92 Å². The van der Waals surface area contributed by atoms with Crippen LogP contribution in [0.25, 0.3) is 0 Å². The number of nitrogens with one attached hydrogen (secondary N) is 1. The van der Waals surface area contributed by atoms with Crippen LogP contribution in [0.3, 0.4) is 0 Å². The Kier molecular flexibility index (Phi) is 4.36. The van der Waals surface area contributed by atoms with Crippen molar-refractivity contribution in [3.05, 3.63) is 33.9 Å². The van der Waals surface area contributed by atoms with Crippen molar-refractivity contribution in [3.63, 3.8) is 0 Å². The molecule has 0 bridgehead atoms. The van der Waals surface area contributed by atoms with E-state index < -0.39 is 39.9 Å². The van der Waals surface area contributed by atoms with E-state index in [1.165, 1.54) is 25.9 Å². The van der Waals surface area contributed by atoms with Gasteiger partial charge in [-0.2, -0.15) is 0 Å². The molecule has 0 spiro atoms. The van der Waals surface area contributed by atoms with Crippen LogP contribution in [0.4, 0.5) is 20.2 Å². The Morgan fingerprint density at radius 3 is 2.47 bits per heavy atom. The van der Waals surface area contributed by atoms with Gasteiger partial charge in [-0.05, 0) is 13.0 Å². The van der Waals surface area contributed by atoms with Gasteiger partial charge in [0.1, 0.15) is 6.04 Å². The molecule has 0 aliphatic carbocycles. The summed E-state index contributed by atoms with van der Waals surface area (Å²) in [6.45, 7) is 1.40. The Hall–Kier alpha value is -2.25. The predicted octanol–water partition coefficient (Wildman–Crippen LogP) is 1.76. The van der Waals surface area contributed by atoms with Crippen molar-refractivity contribution in [1.82, 2.24) is 4.90 Å². The molecule has 1 rings (SSSR count). The van der Waals surface area contributed by atoms with E-state index in [0.717, 1.165) is 6.07 Å². The molecule has 1 atom stereocenters. The van der Waals surface area contributed by atoms with E-state index in [2.05, 4.69) is 5.32 Å². The van der Waals surface area contributed by atoms with Gasteiger partial charge in [-0.1, -0.05) is 0 Å². The number of nitro benzene ring substituents is 1. The summed E-state index contributed by atoms with van der Waals surface area (Å²) in [6.07, 6.45) is 0. The standard InChI is InChI=1S/C11H13F2N3O3/c1-6(11(17)15(2)3)14-10-8(16(18)19)5-4-7(12)9(10)13/h4-6,14H,1-3H3. The highest BCUT2D eigenvalue weighted by atomic mass is 19.2. The molecule has 0 heterocycles. The fraction of sp³-hybridized carbons (Fsp3) is 0.364. The van der Waals surface area contributed by atoms with Gasteiger partial charge in [0.2, 0.25) is 5.91 Å². The second-order valence-corrected chi connectivity index (χ2v) is 4.11. The normalized spacial score (nSPS) is 11.8. The van der Waals surface area contributed by atoms with Crippen LogP contribution in [0.2, 0.25) is 0 Å². The van der Waals surface area contributed by atoms with E-state index in [-0.39, 0.29) is 0 Å². The van der Waals surface area contributed by atoms with Crippen LogP contribution < -0.4 is 5.32 Å². The summed E-state index contributed by atoms with van der Waals surface area (Å²) in [6, 6.07) is 0.579. The summed E-state index contributed by atoms with van der Waals surface area (Å²) >= 11 is 0. The molecule has 1 aromatic rings. The zero-order chi connectivity index (χ0) is 14.7. The van der Waals surface area contributed by atoms with Crippen LogP contribution in [-0.4, -0.2) is 35.9 Å². The maximum atomic E-state index is 13.6. The second kappa shape index (κ2) is 5.59. The number of hydrogen-bond donors (Lipinski definition) is 1. The lowest BCUT2D eigenvalue weighted by Crippen LogP contribution is -2.37. The average Bonchev–Trinajstić information content (AvgIpc) is 2.33. The Morgan fingerprint density at radius 1 is 1.42 bits per heavy atom. The van der Waals surface area contributed by atoms with Gasteiger partial charge in [0.15, 0.2) is 17.3 Å². The molecule has 19 heavy (non-hydrogen) atoms. The van der Waals surface area contributed by atoms with E-state index >= 15 is 0 Å². The fourth-order valence-corrected chi connectivity index (χ4v) is 1.50. The number of anilines is 1. The molecule has 0 aliphatic rings. The third-order valence-corrected chi connectivity index (χ3v) is 2.44. The molecule has 0 radical (unpaired) electrons. The number of likely N-dealkylation sites (N-methyl/N-ethyl adjacent to an activating group) is 1. The number of halogens is 2. The highest BCUT2D eigenvalue weighted by molar-refractivity contribution is 5.84. The van der Waals surface area contributed by atoms with Gasteiger partial charge in [-0.3, -0.25) is 14.9 Å². The third kappa shape index (κ3) is 3.15. The number of carbonyl (C=O) groups excluding carboxylic acids is 1. The molecule has 1 N–H and O–H groups in total. The Morgan fingerprint density at radius 2 is 2.00 bits per heavy atom. The minimum absolute atomic E-state index is 0.419. The molecule has 6 nitrogen and oxygen atoms in total. The lowest BCUT2D eigenvalue weighted by molar-refractivity contribution is -0.384. The van der Waals surface area contributed by atoms with Gasteiger partial charge in [0, 0.05) is 20.2 Å². The molecule has 1 unspecified atom stereocenters. The van der Waals surface area contributed by atoms with Crippen molar-refractivity contribution >= 4 is 17.3 Å². The quantitative estimate of drug-likeness (QED) is 0.670. The molecule has 0 saturated carbocycles. The first kappa shape index (κ1) is 14.8. The summed E-state index contributed by atoms with van der Waals surface area (Å²) in [5.74, 6) is -3.02. The number of hydrogen-bond acceptors (Lipinski definition) is 4. The molecule has 0 aromatic heterocycles. The number of benzene rings is 1. The van der Waals surface area contributed by atoms with Crippen LogP contribution in [0, 0.1) is 21.7 Å². The number of rotatable bonds is 4. The van der Waals surface area contributed by atoms with Crippen molar-refractivity contribution in [2.24, 2.45) is 0 Å². The van der Waals surface area contributed by atoms with Crippen molar-refractivity contribution in [1.29, 1.82) is 0 Å². The maximum Gasteiger partial charge on any atom is 0.295 e. The van der Waals surface area contributed by atoms with Crippen molar-refractivity contribution in [2.75, 3.05) is 19.4 Å². The average molecular weight is 273 g/mol. The lowest BCUT2D eigenvalue weighted by Gasteiger charge is -2.19. The van der Waals surface area contributed by atoms with Crippen molar-refractivity contribution in [2.45, 2.75) is 13.0 Å². The van der Waals surface area contributed by atoms with Gasteiger partial charge in [-0.15, -0.1) is 0 Å². The van der Waals surface area contributed by atoms with Gasteiger partial charge < -0.3 is 10.2 Å². The molecule has 0 saturated heterocycles. The number of nitro groups is 1. The first-order valence-corrected chi connectivity index (χ1v) is 5.35. The van der Waals surface area contributed by atoms with Gasteiger partial charge in [0.05, 0.1) is 4.92 Å². The van der Waals surface area contributed by atoms with Crippen LogP contribution >= 0.6 is 0 Å². The van der Waals surface area contributed by atoms with Crippen LogP contribution in [0.15, 0.2) is 12.1 Å². The second-order valence-electron chi connectivity index (χ2n) is 4.11. The predicted molar refractivity (Wildman–Crippen MR) is 64.8 cm³/mol. The lowest BCUT2D eigenvalue weighted by atomic mass is 10.2. The summed E-state index contributed by atoms with van der Waals surface area (Å²) in [5, 5.41) is 13.1. The van der Waals surface area contributed by atoms with Crippen molar-refractivity contribution in [3.8, 4) is 0 Å². The van der Waals surface area contributed by atoms with Crippen LogP contribution in [0.5, 0.6) is 0 Å². The van der Waals surface area contributed by atoms with Crippen LogP contribution in [-0.2, 0) is 4.79 Å². The number of amides is 1. The largest absolute Gasteiger partial charge is 0.366 e. The summed E-state index contributed by atoms with van der Waals surface area (Å²) in [5.41, 5.74) is -1.26. The number of nitrogens with zero attached hydrogens (tertiary/aromatic N) is 2. The molecule has 104 valence electrons. The van der Waals surface area contributed by atoms with E-state index in [1.54, 1.807) is 0 Å². The zero-order valence-electron chi connectivity index (χ0n) is 10.6. The van der Waals surface area contributed by atoms with E-state index in [0.29, 0.717) is 6.07 Å². The van der Waals surface area contributed by atoms with Gasteiger partial charge >= 0.3 is 0 Å². The topological polar surface area (TPSA) is 75.5 Å². The van der Waals surface area contributed by atoms with Gasteiger partial charge in [0.25, 0.3) is 5.69 Å². The number of carbonyl (C=O) groups is 1. The summed E-state index contributed by atoms with van der Waals surface area (Å²) < 4.78 is 26.7. The van der Waals surface area contributed by atoms with Gasteiger partial charge in [-0.25, -0.2) is 8.78 Å². The molecule has 1 amide bonds. The zero-order valence-corrected chi connectivity index (χ0v) is 10.6. The summed E-state index contributed by atoms with van der Waals surface area (Å²) in [7, 11) is 2.97. The smallest absolute Gasteiger partial charge is 0.295 e. The van der Waals surface area contributed by atoms with Crippen molar-refractivity contribution < 1.29 is 18.5 Å². The highest BCUT2D eigenvalue weighted by Gasteiger charge is 2.25. The summed E-state index contributed by atoms with van der Waals surface area (Å²) in [4.78, 5) is 22.7. The first-order chi connectivity index (χ1) is 8.75. The molecular formula is C11H13F2N3O3. The Labute approximate surface area is 108 Å². The first-order valence-electron chi connectivity index (χ1n) is 5.35. The molecule has 0 aliphatic heterocycles. The fourth-order valence-electron chi connectivity index (χ4n) is 1.50. The minimum atomic E-state index is -1.38. The third-order valence-electron chi connectivity index (χ3n) is 2.44. The minimum Gasteiger partial charge on any atom is -0.366 e. The molecule has 1 aromatic carbocycles. The Bertz CT molecular complexity index is 520. The molecular weight excluding hydrogens is 260 g/mol. The Balaban J connectivity index is 3.15. The highest BCUT2D eigenvalue weighted by Crippen LogP contribution is 2.29. The van der Waals surface area contributed by atoms with E-state index in [9.17, 15) is 23.7 Å².